The molecule has 1 aromatic heterocycles. The van der Waals surface area contributed by atoms with Gasteiger partial charge in [0.05, 0.1) is 37.3 Å². The van der Waals surface area contributed by atoms with Crippen LogP contribution in [0.2, 0.25) is 0 Å². The van der Waals surface area contributed by atoms with Crippen LogP contribution < -0.4 is 14.2 Å². The number of hydrogen-bond donors (Lipinski definition) is 0. The SMILES string of the molecule is C=C(C)C(=O)OCCCCCCCCOc1ccc(C(=O)Oc2ccc(-c3ccc(OCCCCC)cn3)cc2)cc1. The van der Waals surface area contributed by atoms with Crippen molar-refractivity contribution in [3.05, 3.63) is 84.6 Å². The fourth-order valence-electron chi connectivity index (χ4n) is 4.11. The van der Waals surface area contributed by atoms with Crippen molar-refractivity contribution in [2.75, 3.05) is 19.8 Å². The molecule has 0 aliphatic carbocycles. The van der Waals surface area contributed by atoms with Crippen LogP contribution in [0.3, 0.4) is 0 Å². The second-order valence-corrected chi connectivity index (χ2v) is 10.3. The lowest BCUT2D eigenvalue weighted by Crippen LogP contribution is -2.08. The van der Waals surface area contributed by atoms with Crippen molar-refractivity contribution in [1.82, 2.24) is 4.98 Å². The zero-order valence-electron chi connectivity index (χ0n) is 24.9. The number of pyridine rings is 1. The van der Waals surface area contributed by atoms with Crippen LogP contribution in [0.5, 0.6) is 17.2 Å². The van der Waals surface area contributed by atoms with E-state index in [0.717, 1.165) is 80.5 Å². The molecule has 0 N–H and O–H groups in total. The highest BCUT2D eigenvalue weighted by molar-refractivity contribution is 5.91. The van der Waals surface area contributed by atoms with Gasteiger partial charge < -0.3 is 18.9 Å². The summed E-state index contributed by atoms with van der Waals surface area (Å²) in [7, 11) is 0. The number of carbonyl (C=O) groups excluding carboxylic acids is 2. The summed E-state index contributed by atoms with van der Waals surface area (Å²) in [6, 6.07) is 18.1. The molecule has 0 aliphatic heterocycles. The average Bonchev–Trinajstić information content (AvgIpc) is 3.01. The van der Waals surface area contributed by atoms with Crippen molar-refractivity contribution in [2.24, 2.45) is 0 Å². The Morgan fingerprint density at radius 2 is 1.26 bits per heavy atom. The van der Waals surface area contributed by atoms with Gasteiger partial charge in [-0.05, 0) is 86.8 Å². The molecule has 0 saturated heterocycles. The van der Waals surface area contributed by atoms with Gasteiger partial charge in [0.15, 0.2) is 0 Å². The van der Waals surface area contributed by atoms with Gasteiger partial charge in [0.25, 0.3) is 0 Å². The van der Waals surface area contributed by atoms with E-state index in [9.17, 15) is 9.59 Å². The van der Waals surface area contributed by atoms with Gasteiger partial charge in [-0.1, -0.05) is 52.0 Å². The highest BCUT2D eigenvalue weighted by atomic mass is 16.5. The molecule has 0 aliphatic rings. The first-order valence-corrected chi connectivity index (χ1v) is 14.9. The molecule has 0 radical (unpaired) electrons. The lowest BCUT2D eigenvalue weighted by Gasteiger charge is -2.09. The van der Waals surface area contributed by atoms with Gasteiger partial charge in [-0.25, -0.2) is 9.59 Å². The summed E-state index contributed by atoms with van der Waals surface area (Å²) in [5, 5.41) is 0. The van der Waals surface area contributed by atoms with Gasteiger partial charge in [-0.15, -0.1) is 0 Å². The van der Waals surface area contributed by atoms with E-state index in [0.29, 0.717) is 36.7 Å². The number of ether oxygens (including phenoxy) is 4. The predicted molar refractivity (Wildman–Crippen MR) is 165 cm³/mol. The molecule has 0 fully saturated rings. The van der Waals surface area contributed by atoms with E-state index in [1.54, 1.807) is 49.5 Å². The Kier molecular flexibility index (Phi) is 14.1. The van der Waals surface area contributed by atoms with Gasteiger partial charge >= 0.3 is 11.9 Å². The molecule has 42 heavy (non-hydrogen) atoms. The molecule has 0 spiro atoms. The molecule has 3 rings (SSSR count). The van der Waals surface area contributed by atoms with Crippen LogP contribution in [0, 0.1) is 0 Å². The van der Waals surface area contributed by atoms with Crippen LogP contribution >= 0.6 is 0 Å². The monoisotopic (exact) mass is 573 g/mol. The summed E-state index contributed by atoms with van der Waals surface area (Å²) in [6.07, 6.45) is 11.2. The van der Waals surface area contributed by atoms with Gasteiger partial charge in [0.2, 0.25) is 0 Å². The standard InChI is InChI=1S/C35H43NO6/c1-4-5-10-23-40-32-21-22-33(36-26-32)28-13-19-31(20-14-28)42-35(38)29-15-17-30(18-16-29)39-24-11-8-6-7-9-12-25-41-34(37)27(2)3/h13-22,26H,2,4-12,23-25H2,1,3H3. The summed E-state index contributed by atoms with van der Waals surface area (Å²) < 4.78 is 22.2. The van der Waals surface area contributed by atoms with E-state index in [-0.39, 0.29) is 5.97 Å². The van der Waals surface area contributed by atoms with Crippen LogP contribution in [0.25, 0.3) is 11.3 Å². The van der Waals surface area contributed by atoms with Crippen LogP contribution in [0.4, 0.5) is 0 Å². The van der Waals surface area contributed by atoms with E-state index in [4.69, 9.17) is 18.9 Å². The summed E-state index contributed by atoms with van der Waals surface area (Å²) in [4.78, 5) is 28.4. The van der Waals surface area contributed by atoms with Gasteiger partial charge in [-0.2, -0.15) is 0 Å². The molecular formula is C35H43NO6. The molecule has 0 unspecified atom stereocenters. The second-order valence-electron chi connectivity index (χ2n) is 10.3. The Morgan fingerprint density at radius 1 is 0.690 bits per heavy atom. The molecular weight excluding hydrogens is 530 g/mol. The summed E-state index contributed by atoms with van der Waals surface area (Å²) >= 11 is 0. The number of rotatable bonds is 19. The maximum absolute atomic E-state index is 12.6. The minimum absolute atomic E-state index is 0.318. The van der Waals surface area contributed by atoms with Gasteiger partial charge in [0.1, 0.15) is 17.2 Å². The lowest BCUT2D eigenvalue weighted by atomic mass is 10.1. The van der Waals surface area contributed by atoms with Crippen molar-refractivity contribution in [1.29, 1.82) is 0 Å². The Bertz CT molecular complexity index is 1240. The number of hydrogen-bond acceptors (Lipinski definition) is 7. The first-order chi connectivity index (χ1) is 20.5. The zero-order valence-corrected chi connectivity index (χ0v) is 24.9. The first kappa shape index (κ1) is 32.4. The van der Waals surface area contributed by atoms with E-state index < -0.39 is 5.97 Å². The molecule has 0 bridgehead atoms. The molecule has 7 heteroatoms. The Morgan fingerprint density at radius 3 is 1.88 bits per heavy atom. The molecule has 224 valence electrons. The Balaban J connectivity index is 1.32. The first-order valence-electron chi connectivity index (χ1n) is 14.9. The topological polar surface area (TPSA) is 84.0 Å². The number of carbonyl (C=O) groups is 2. The predicted octanol–water partition coefficient (Wildman–Crippen LogP) is 8.38. The maximum atomic E-state index is 12.6. The third-order valence-electron chi connectivity index (χ3n) is 6.59. The van der Waals surface area contributed by atoms with E-state index >= 15 is 0 Å². The third kappa shape index (κ3) is 11.8. The maximum Gasteiger partial charge on any atom is 0.343 e. The number of unbranched alkanes of at least 4 members (excludes halogenated alkanes) is 7. The van der Waals surface area contributed by atoms with Crippen LogP contribution in [0.1, 0.15) is 82.0 Å². The summed E-state index contributed by atoms with van der Waals surface area (Å²) in [6.45, 7) is 9.16. The van der Waals surface area contributed by atoms with Crippen LogP contribution in [-0.2, 0) is 9.53 Å². The number of esters is 2. The van der Waals surface area contributed by atoms with Crippen molar-refractivity contribution in [2.45, 2.75) is 71.6 Å². The molecule has 0 atom stereocenters. The lowest BCUT2D eigenvalue weighted by molar-refractivity contribution is -0.139. The Hall–Kier alpha value is -4.13. The molecule has 3 aromatic rings. The summed E-state index contributed by atoms with van der Waals surface area (Å²) in [5.41, 5.74) is 2.64. The van der Waals surface area contributed by atoms with E-state index in [2.05, 4.69) is 18.5 Å². The molecule has 0 saturated carbocycles. The van der Waals surface area contributed by atoms with Crippen molar-refractivity contribution in [3.63, 3.8) is 0 Å². The molecule has 2 aromatic carbocycles. The molecule has 7 nitrogen and oxygen atoms in total. The highest BCUT2D eigenvalue weighted by Crippen LogP contribution is 2.23. The zero-order chi connectivity index (χ0) is 30.0. The number of benzene rings is 2. The highest BCUT2D eigenvalue weighted by Gasteiger charge is 2.10. The van der Waals surface area contributed by atoms with Crippen molar-refractivity contribution in [3.8, 4) is 28.5 Å². The minimum atomic E-state index is -0.425. The second kappa shape index (κ2) is 18.3. The van der Waals surface area contributed by atoms with Gasteiger partial charge in [-0.3, -0.25) is 4.98 Å². The van der Waals surface area contributed by atoms with Crippen molar-refractivity contribution >= 4 is 11.9 Å². The van der Waals surface area contributed by atoms with E-state index in [1.807, 2.05) is 24.3 Å². The quantitative estimate of drug-likeness (QED) is 0.0616. The Labute approximate surface area is 249 Å². The number of aromatic nitrogens is 1. The normalized spacial score (nSPS) is 10.6. The van der Waals surface area contributed by atoms with E-state index in [1.165, 1.54) is 0 Å². The minimum Gasteiger partial charge on any atom is -0.494 e. The summed E-state index contributed by atoms with van der Waals surface area (Å²) in [5.74, 6) is 1.21. The molecule has 0 amide bonds. The fraction of sp³-hybridized carbons (Fsp3) is 0.400. The third-order valence-corrected chi connectivity index (χ3v) is 6.59. The number of nitrogens with zero attached hydrogens (tertiary/aromatic N) is 1. The van der Waals surface area contributed by atoms with Crippen molar-refractivity contribution < 1.29 is 28.5 Å². The smallest absolute Gasteiger partial charge is 0.343 e. The molecule has 1 heterocycles. The largest absolute Gasteiger partial charge is 0.494 e. The van der Waals surface area contributed by atoms with Crippen LogP contribution in [0.15, 0.2) is 79.0 Å². The average molecular weight is 574 g/mol. The van der Waals surface area contributed by atoms with Crippen LogP contribution in [-0.4, -0.2) is 36.7 Å². The van der Waals surface area contributed by atoms with Gasteiger partial charge in [0, 0.05) is 11.1 Å². The fourth-order valence-corrected chi connectivity index (χ4v) is 4.11.